The molecule has 1 fully saturated rings. The van der Waals surface area contributed by atoms with Gasteiger partial charge in [-0.25, -0.2) is 0 Å². The summed E-state index contributed by atoms with van der Waals surface area (Å²) in [4.78, 5) is 13.8. The molecule has 2 N–H and O–H groups in total. The third-order valence-corrected chi connectivity index (χ3v) is 5.45. The Hall–Kier alpha value is -3.01. The van der Waals surface area contributed by atoms with Crippen LogP contribution in [0.5, 0.6) is 11.5 Å². The molecule has 0 bridgehead atoms. The third-order valence-electron chi connectivity index (χ3n) is 5.45. The van der Waals surface area contributed by atoms with Crippen LogP contribution in [0.15, 0.2) is 24.3 Å². The zero-order valence-electron chi connectivity index (χ0n) is 18.9. The fourth-order valence-electron chi connectivity index (χ4n) is 3.98. The minimum absolute atomic E-state index is 0.126. The van der Waals surface area contributed by atoms with Crippen molar-refractivity contribution >= 4 is 11.8 Å². The number of aromatic nitrogens is 2. The molecule has 180 valence electrons. The lowest BCUT2D eigenvalue weighted by atomic mass is 10.0. The number of nitrogens with zero attached hydrogens (tertiary/aromatic N) is 3. The van der Waals surface area contributed by atoms with E-state index >= 15 is 0 Å². The summed E-state index contributed by atoms with van der Waals surface area (Å²) in [5, 5.41) is 22.2. The van der Waals surface area contributed by atoms with Gasteiger partial charge in [0.05, 0.1) is 12.3 Å². The lowest BCUT2D eigenvalue weighted by Crippen LogP contribution is -2.42. The third kappa shape index (κ3) is 7.24. The monoisotopic (exact) mass is 464 g/mol. The van der Waals surface area contributed by atoms with Gasteiger partial charge in [-0.3, -0.25) is 4.79 Å². The van der Waals surface area contributed by atoms with Crippen LogP contribution in [-0.2, 0) is 9.53 Å². The predicted octanol–water partition coefficient (Wildman–Crippen LogP) is 3.98. The van der Waals surface area contributed by atoms with Gasteiger partial charge in [0.2, 0.25) is 0 Å². The topological polar surface area (TPSA) is 96.8 Å². The molecule has 1 atom stereocenters. The van der Waals surface area contributed by atoms with Crippen molar-refractivity contribution in [3.63, 3.8) is 0 Å². The first kappa shape index (κ1) is 24.6. The van der Waals surface area contributed by atoms with E-state index in [1.807, 2.05) is 13.0 Å². The number of phenols is 1. The first-order chi connectivity index (χ1) is 15.9. The van der Waals surface area contributed by atoms with Crippen LogP contribution < -0.4 is 10.1 Å². The molecule has 0 aliphatic carbocycles. The number of likely N-dealkylation sites (tertiary alicyclic amines) is 1. The van der Waals surface area contributed by atoms with Gasteiger partial charge >= 0.3 is 12.6 Å². The van der Waals surface area contributed by atoms with Gasteiger partial charge in [0.1, 0.15) is 17.3 Å². The predicted molar refractivity (Wildman–Crippen MR) is 119 cm³/mol. The number of anilines is 1. The number of halogens is 2. The summed E-state index contributed by atoms with van der Waals surface area (Å²) in [5.41, 5.74) is 1.64. The molecule has 2 aromatic rings. The van der Waals surface area contributed by atoms with Gasteiger partial charge in [-0.2, -0.15) is 8.78 Å². The molecule has 1 aromatic heterocycles. The number of phenolic OH excluding ortho intramolecular Hbond substituents is 1. The molecule has 0 spiro atoms. The summed E-state index contributed by atoms with van der Waals surface area (Å²) in [6, 6.07) is 6.03. The van der Waals surface area contributed by atoms with Crippen molar-refractivity contribution in [2.45, 2.75) is 52.2 Å². The Balaban J connectivity index is 1.58. The molecule has 1 aliphatic heterocycles. The summed E-state index contributed by atoms with van der Waals surface area (Å²) in [7, 11) is 0. The first-order valence-electron chi connectivity index (χ1n) is 11.1. The number of benzene rings is 1. The van der Waals surface area contributed by atoms with Gasteiger partial charge < -0.3 is 24.8 Å². The van der Waals surface area contributed by atoms with Crippen LogP contribution in [0.25, 0.3) is 11.3 Å². The number of aromatic hydroxyl groups is 1. The number of hydrogen-bond acceptors (Lipinski definition) is 8. The van der Waals surface area contributed by atoms with Gasteiger partial charge in [0.15, 0.2) is 0 Å². The Labute approximate surface area is 191 Å². The van der Waals surface area contributed by atoms with Crippen LogP contribution in [0.2, 0.25) is 0 Å². The molecule has 10 heteroatoms. The molecule has 1 unspecified atom stereocenters. The Bertz CT molecular complexity index is 945. The quantitative estimate of drug-likeness (QED) is 0.510. The number of carbonyl (C=O) groups is 1. The second-order valence-corrected chi connectivity index (χ2v) is 8.01. The van der Waals surface area contributed by atoms with E-state index in [2.05, 4.69) is 25.2 Å². The Morgan fingerprint density at radius 2 is 2.15 bits per heavy atom. The number of ether oxygens (including phenoxy) is 2. The van der Waals surface area contributed by atoms with Crippen molar-refractivity contribution in [2.75, 3.05) is 31.6 Å². The van der Waals surface area contributed by atoms with E-state index in [-0.39, 0.29) is 23.5 Å². The van der Waals surface area contributed by atoms with Crippen LogP contribution >= 0.6 is 0 Å². The lowest BCUT2D eigenvalue weighted by Gasteiger charge is -2.33. The van der Waals surface area contributed by atoms with Crippen molar-refractivity contribution in [1.29, 1.82) is 0 Å². The zero-order chi connectivity index (χ0) is 23.8. The second-order valence-electron chi connectivity index (χ2n) is 8.01. The van der Waals surface area contributed by atoms with Crippen LogP contribution in [0.4, 0.5) is 14.6 Å². The SMILES string of the molecule is CCOC(=O)CCCN1CCCC(Nc2cc(C)c(-c3ccc(OC(F)F)cc3O)nn2)C1. The Morgan fingerprint density at radius 3 is 2.85 bits per heavy atom. The molecule has 1 saturated heterocycles. The van der Waals surface area contributed by atoms with Gasteiger partial charge in [0, 0.05) is 30.6 Å². The highest BCUT2D eigenvalue weighted by Crippen LogP contribution is 2.33. The molecule has 8 nitrogen and oxygen atoms in total. The van der Waals surface area contributed by atoms with Crippen LogP contribution in [0.3, 0.4) is 0 Å². The van der Waals surface area contributed by atoms with E-state index in [9.17, 15) is 18.7 Å². The van der Waals surface area contributed by atoms with E-state index in [0.29, 0.717) is 30.1 Å². The highest BCUT2D eigenvalue weighted by Gasteiger charge is 2.21. The largest absolute Gasteiger partial charge is 0.507 e. The maximum absolute atomic E-state index is 12.4. The van der Waals surface area contributed by atoms with Gasteiger partial charge in [0.25, 0.3) is 0 Å². The van der Waals surface area contributed by atoms with Crippen molar-refractivity contribution in [1.82, 2.24) is 15.1 Å². The maximum Gasteiger partial charge on any atom is 0.387 e. The van der Waals surface area contributed by atoms with Crippen LogP contribution in [-0.4, -0.2) is 65.1 Å². The van der Waals surface area contributed by atoms with E-state index < -0.39 is 6.61 Å². The van der Waals surface area contributed by atoms with E-state index in [1.165, 1.54) is 12.1 Å². The average Bonchev–Trinajstić information content (AvgIpc) is 2.75. The smallest absolute Gasteiger partial charge is 0.387 e. The summed E-state index contributed by atoms with van der Waals surface area (Å²) >= 11 is 0. The molecular formula is C23H30F2N4O4. The molecule has 0 amide bonds. The normalized spacial score (nSPS) is 16.6. The number of carbonyl (C=O) groups excluding carboxylic acids is 1. The molecule has 33 heavy (non-hydrogen) atoms. The summed E-state index contributed by atoms with van der Waals surface area (Å²) in [6.45, 7) is 3.78. The Kier molecular flexibility index (Phi) is 8.76. The lowest BCUT2D eigenvalue weighted by molar-refractivity contribution is -0.143. The number of hydrogen-bond donors (Lipinski definition) is 2. The first-order valence-corrected chi connectivity index (χ1v) is 11.1. The number of alkyl halides is 2. The van der Waals surface area contributed by atoms with Crippen LogP contribution in [0, 0.1) is 6.92 Å². The standard InChI is InChI=1S/C23H30F2N4O4/c1-3-32-21(31)7-5-11-29-10-4-6-16(14-29)26-20-12-15(2)22(28-27-20)18-9-8-17(13-19(18)30)33-23(24)25/h8-9,12-13,16,23,30H,3-7,10-11,14H2,1-2H3,(H,26,27). The van der Waals surface area contributed by atoms with Crippen molar-refractivity contribution in [3.05, 3.63) is 29.8 Å². The second kappa shape index (κ2) is 11.7. The number of nitrogens with one attached hydrogen (secondary N) is 1. The maximum atomic E-state index is 12.4. The average molecular weight is 465 g/mol. The fraction of sp³-hybridized carbons (Fsp3) is 0.522. The highest BCUT2D eigenvalue weighted by atomic mass is 19.3. The van der Waals surface area contributed by atoms with E-state index in [4.69, 9.17) is 4.74 Å². The number of rotatable bonds is 10. The van der Waals surface area contributed by atoms with Gasteiger partial charge in [-0.15, -0.1) is 10.2 Å². The number of aryl methyl sites for hydroxylation is 1. The zero-order valence-corrected chi connectivity index (χ0v) is 18.9. The minimum Gasteiger partial charge on any atom is -0.507 e. The summed E-state index contributed by atoms with van der Waals surface area (Å²) in [6.07, 6.45) is 3.24. The molecular weight excluding hydrogens is 434 g/mol. The molecule has 0 saturated carbocycles. The summed E-state index contributed by atoms with van der Waals surface area (Å²) < 4.78 is 34.0. The highest BCUT2D eigenvalue weighted by molar-refractivity contribution is 5.71. The number of esters is 1. The minimum atomic E-state index is -2.96. The van der Waals surface area contributed by atoms with Gasteiger partial charge in [-0.1, -0.05) is 0 Å². The van der Waals surface area contributed by atoms with Gasteiger partial charge in [-0.05, 0) is 70.0 Å². The van der Waals surface area contributed by atoms with Crippen LogP contribution in [0.1, 0.15) is 38.2 Å². The molecule has 3 rings (SSSR count). The van der Waals surface area contributed by atoms with Crippen molar-refractivity contribution in [3.8, 4) is 22.8 Å². The number of piperidine rings is 1. The van der Waals surface area contributed by atoms with Crippen molar-refractivity contribution < 1.29 is 28.2 Å². The summed E-state index contributed by atoms with van der Waals surface area (Å²) in [5.74, 6) is 0.139. The molecule has 2 heterocycles. The fourth-order valence-corrected chi connectivity index (χ4v) is 3.98. The van der Waals surface area contributed by atoms with Crippen molar-refractivity contribution in [2.24, 2.45) is 0 Å². The van der Waals surface area contributed by atoms with E-state index in [0.717, 1.165) is 50.5 Å². The molecule has 1 aliphatic rings. The molecule has 0 radical (unpaired) electrons. The van der Waals surface area contributed by atoms with E-state index in [1.54, 1.807) is 6.92 Å². The molecule has 1 aromatic carbocycles. The Morgan fingerprint density at radius 1 is 1.33 bits per heavy atom.